The maximum absolute atomic E-state index is 11.5. The Hall–Kier alpha value is -2.41. The van der Waals surface area contributed by atoms with Crippen molar-refractivity contribution in [3.8, 4) is 0 Å². The minimum absolute atomic E-state index is 0.0463. The van der Waals surface area contributed by atoms with Gasteiger partial charge in [-0.05, 0) is 31.2 Å². The summed E-state index contributed by atoms with van der Waals surface area (Å²) in [5, 5.41) is 11.3. The number of hydrogen-bond acceptors (Lipinski definition) is 6. The fourth-order valence-corrected chi connectivity index (χ4v) is 2.29. The van der Waals surface area contributed by atoms with E-state index in [9.17, 15) is 14.9 Å². The summed E-state index contributed by atoms with van der Waals surface area (Å²) in [5.41, 5.74) is 0.440. The highest BCUT2D eigenvalue weighted by Gasteiger charge is 2.08. The van der Waals surface area contributed by atoms with Crippen molar-refractivity contribution in [1.82, 2.24) is 4.98 Å². The van der Waals surface area contributed by atoms with Gasteiger partial charge in [0, 0.05) is 23.2 Å². The molecular formula is C14H12N2O4S. The monoisotopic (exact) mass is 304 g/mol. The van der Waals surface area contributed by atoms with Crippen LogP contribution in [0.25, 0.3) is 0 Å². The van der Waals surface area contributed by atoms with E-state index in [1.807, 2.05) is 0 Å². The van der Waals surface area contributed by atoms with Gasteiger partial charge in [-0.25, -0.2) is 9.78 Å². The molecule has 0 saturated carbocycles. The summed E-state index contributed by atoms with van der Waals surface area (Å²) in [7, 11) is 0. The van der Waals surface area contributed by atoms with E-state index < -0.39 is 10.9 Å². The van der Waals surface area contributed by atoms with E-state index in [2.05, 4.69) is 4.98 Å². The third-order valence-corrected chi connectivity index (χ3v) is 3.48. The maximum atomic E-state index is 11.5. The number of esters is 1. The second-order valence-corrected chi connectivity index (χ2v) is 5.05. The predicted molar refractivity (Wildman–Crippen MR) is 77.4 cm³/mol. The van der Waals surface area contributed by atoms with Crippen molar-refractivity contribution in [1.29, 1.82) is 0 Å². The number of nitro benzene ring substituents is 1. The van der Waals surface area contributed by atoms with Crippen LogP contribution >= 0.6 is 11.8 Å². The van der Waals surface area contributed by atoms with Crippen LogP contribution in [0.4, 0.5) is 5.69 Å². The molecule has 1 heterocycles. The van der Waals surface area contributed by atoms with E-state index in [4.69, 9.17) is 4.74 Å². The zero-order chi connectivity index (χ0) is 15.2. The largest absolute Gasteiger partial charge is 0.462 e. The normalized spacial score (nSPS) is 10.1. The van der Waals surface area contributed by atoms with Gasteiger partial charge in [-0.3, -0.25) is 10.1 Å². The summed E-state index contributed by atoms with van der Waals surface area (Å²) in [6, 6.07) is 9.54. The first kappa shape index (κ1) is 15.0. The zero-order valence-corrected chi connectivity index (χ0v) is 12.0. The Morgan fingerprint density at radius 2 is 2.00 bits per heavy atom. The molecule has 21 heavy (non-hydrogen) atoms. The molecule has 0 bridgehead atoms. The van der Waals surface area contributed by atoms with Crippen LogP contribution in [0.3, 0.4) is 0 Å². The highest BCUT2D eigenvalue weighted by atomic mass is 32.2. The lowest BCUT2D eigenvalue weighted by Gasteiger charge is -2.03. The predicted octanol–water partition coefficient (Wildman–Crippen LogP) is 3.32. The fourth-order valence-electron chi connectivity index (χ4n) is 1.53. The smallest absolute Gasteiger partial charge is 0.339 e. The van der Waals surface area contributed by atoms with Crippen LogP contribution in [0.15, 0.2) is 52.5 Å². The van der Waals surface area contributed by atoms with E-state index in [0.717, 1.165) is 4.90 Å². The molecule has 6 nitrogen and oxygen atoms in total. The SMILES string of the molecule is CCOC(=O)c1ccc(Sc2ccc([N+](=O)[O-])cc2)nc1. The highest BCUT2D eigenvalue weighted by molar-refractivity contribution is 7.99. The summed E-state index contributed by atoms with van der Waals surface area (Å²) in [4.78, 5) is 26.6. The van der Waals surface area contributed by atoms with Gasteiger partial charge in [0.2, 0.25) is 0 Å². The first-order valence-electron chi connectivity index (χ1n) is 6.15. The maximum Gasteiger partial charge on any atom is 0.339 e. The van der Waals surface area contributed by atoms with Gasteiger partial charge in [0.05, 0.1) is 17.1 Å². The molecule has 7 heteroatoms. The van der Waals surface area contributed by atoms with Crippen molar-refractivity contribution in [2.45, 2.75) is 16.8 Å². The number of ether oxygens (including phenoxy) is 1. The third-order valence-electron chi connectivity index (χ3n) is 2.52. The zero-order valence-electron chi connectivity index (χ0n) is 11.2. The molecule has 0 fully saturated rings. The minimum atomic E-state index is -0.444. The van der Waals surface area contributed by atoms with Gasteiger partial charge < -0.3 is 4.74 Å². The van der Waals surface area contributed by atoms with Gasteiger partial charge in [-0.2, -0.15) is 0 Å². The Labute approximate surface area is 125 Å². The Bertz CT molecular complexity index is 641. The van der Waals surface area contributed by atoms with E-state index in [1.54, 1.807) is 31.2 Å². The molecule has 0 aliphatic carbocycles. The second kappa shape index (κ2) is 6.85. The van der Waals surface area contributed by atoms with Crippen molar-refractivity contribution in [2.75, 3.05) is 6.61 Å². The standard InChI is InChI=1S/C14H12N2O4S/c1-2-20-14(17)10-3-8-13(15-9-10)21-12-6-4-11(5-7-12)16(18)19/h3-9H,2H2,1H3. The van der Waals surface area contributed by atoms with E-state index >= 15 is 0 Å². The molecule has 0 unspecified atom stereocenters. The molecule has 0 aliphatic rings. The number of aromatic nitrogens is 1. The van der Waals surface area contributed by atoms with E-state index in [-0.39, 0.29) is 5.69 Å². The molecule has 0 atom stereocenters. The number of benzene rings is 1. The molecule has 2 rings (SSSR count). The molecule has 0 amide bonds. The Kier molecular flexibility index (Phi) is 4.89. The lowest BCUT2D eigenvalue weighted by atomic mass is 10.3. The number of carbonyl (C=O) groups is 1. The first-order chi connectivity index (χ1) is 10.1. The number of nitrogens with zero attached hydrogens (tertiary/aromatic N) is 2. The van der Waals surface area contributed by atoms with Gasteiger partial charge in [0.25, 0.3) is 5.69 Å². The molecule has 0 spiro atoms. The molecule has 108 valence electrons. The van der Waals surface area contributed by atoms with Crippen molar-refractivity contribution in [3.05, 3.63) is 58.3 Å². The minimum Gasteiger partial charge on any atom is -0.462 e. The topological polar surface area (TPSA) is 82.3 Å². The highest BCUT2D eigenvalue weighted by Crippen LogP contribution is 2.27. The van der Waals surface area contributed by atoms with Gasteiger partial charge in [0.1, 0.15) is 5.03 Å². The van der Waals surface area contributed by atoms with Gasteiger partial charge >= 0.3 is 5.97 Å². The summed E-state index contributed by atoms with van der Waals surface area (Å²) >= 11 is 1.36. The summed E-state index contributed by atoms with van der Waals surface area (Å²) in [5.74, 6) is -0.406. The molecule has 0 N–H and O–H groups in total. The van der Waals surface area contributed by atoms with Crippen LogP contribution in [0.5, 0.6) is 0 Å². The van der Waals surface area contributed by atoms with Crippen molar-refractivity contribution in [2.24, 2.45) is 0 Å². The number of rotatable bonds is 5. The number of hydrogen-bond donors (Lipinski definition) is 0. The second-order valence-electron chi connectivity index (χ2n) is 3.96. The molecule has 2 aromatic rings. The van der Waals surface area contributed by atoms with Crippen molar-refractivity contribution in [3.63, 3.8) is 0 Å². The number of nitro groups is 1. The van der Waals surface area contributed by atoms with Crippen LogP contribution in [0.1, 0.15) is 17.3 Å². The summed E-state index contributed by atoms with van der Waals surface area (Å²) in [6.07, 6.45) is 1.45. The fraction of sp³-hybridized carbons (Fsp3) is 0.143. The van der Waals surface area contributed by atoms with E-state index in [0.29, 0.717) is 17.2 Å². The van der Waals surface area contributed by atoms with Gasteiger partial charge in [-0.1, -0.05) is 11.8 Å². The van der Waals surface area contributed by atoms with Gasteiger partial charge in [-0.15, -0.1) is 0 Å². The Balaban J connectivity index is 2.06. The number of carbonyl (C=O) groups excluding carboxylic acids is 1. The number of pyridine rings is 1. The average molecular weight is 304 g/mol. The quantitative estimate of drug-likeness (QED) is 0.479. The average Bonchev–Trinajstić information content (AvgIpc) is 2.49. The van der Waals surface area contributed by atoms with E-state index in [1.165, 1.54) is 30.1 Å². The van der Waals surface area contributed by atoms with Crippen LogP contribution in [0, 0.1) is 10.1 Å². The molecular weight excluding hydrogens is 292 g/mol. The van der Waals surface area contributed by atoms with Crippen LogP contribution in [0.2, 0.25) is 0 Å². The Morgan fingerprint density at radius 1 is 1.29 bits per heavy atom. The summed E-state index contributed by atoms with van der Waals surface area (Å²) < 4.78 is 4.87. The lowest BCUT2D eigenvalue weighted by Crippen LogP contribution is -2.04. The molecule has 0 aliphatic heterocycles. The first-order valence-corrected chi connectivity index (χ1v) is 6.97. The lowest BCUT2D eigenvalue weighted by molar-refractivity contribution is -0.384. The molecule has 0 saturated heterocycles. The van der Waals surface area contributed by atoms with Crippen LogP contribution < -0.4 is 0 Å². The van der Waals surface area contributed by atoms with Gasteiger partial charge in [0.15, 0.2) is 0 Å². The Morgan fingerprint density at radius 3 is 2.52 bits per heavy atom. The third kappa shape index (κ3) is 4.03. The molecule has 1 aromatic heterocycles. The van der Waals surface area contributed by atoms with Crippen LogP contribution in [-0.4, -0.2) is 22.5 Å². The van der Waals surface area contributed by atoms with Crippen molar-refractivity contribution >= 4 is 23.4 Å². The summed E-state index contributed by atoms with van der Waals surface area (Å²) in [6.45, 7) is 2.06. The number of non-ortho nitro benzene ring substituents is 1. The molecule has 0 radical (unpaired) electrons. The van der Waals surface area contributed by atoms with Crippen molar-refractivity contribution < 1.29 is 14.5 Å². The molecule has 1 aromatic carbocycles. The van der Waals surface area contributed by atoms with Crippen LogP contribution in [-0.2, 0) is 4.74 Å².